The molecule has 2 rings (SSSR count). The van der Waals surface area contributed by atoms with Gasteiger partial charge < -0.3 is 9.64 Å². The van der Waals surface area contributed by atoms with Gasteiger partial charge in [-0.15, -0.1) is 0 Å². The predicted octanol–water partition coefficient (Wildman–Crippen LogP) is 2.26. The minimum Gasteiger partial charge on any atom is -0.468 e. The molecule has 0 aliphatic carbocycles. The van der Waals surface area contributed by atoms with E-state index in [9.17, 15) is 9.59 Å². The number of amides is 1. The Morgan fingerprint density at radius 1 is 1.24 bits per heavy atom. The van der Waals surface area contributed by atoms with Gasteiger partial charge in [0.05, 0.1) is 18.2 Å². The molecule has 0 fully saturated rings. The van der Waals surface area contributed by atoms with Crippen molar-refractivity contribution >= 4 is 22.8 Å². The lowest BCUT2D eigenvalue weighted by atomic mass is 10.1. The van der Waals surface area contributed by atoms with Gasteiger partial charge in [0.15, 0.2) is 0 Å². The Kier molecular flexibility index (Phi) is 4.52. The largest absolute Gasteiger partial charge is 0.468 e. The molecule has 2 aromatic rings. The highest BCUT2D eigenvalue weighted by atomic mass is 16.5. The van der Waals surface area contributed by atoms with E-state index >= 15 is 0 Å². The first kappa shape index (κ1) is 15.0. The van der Waals surface area contributed by atoms with Gasteiger partial charge in [-0.1, -0.05) is 18.2 Å². The quantitative estimate of drug-likeness (QED) is 0.809. The second kappa shape index (κ2) is 6.35. The van der Waals surface area contributed by atoms with Gasteiger partial charge in [-0.25, -0.2) is 0 Å². The number of rotatable bonds is 4. The molecular formula is C16H18N2O3. The standard InChI is InChI=1S/C16H18N2O3/c1-11(2)18(10-14(19)21-3)16(20)13-8-4-6-12-7-5-9-17-15(12)13/h4-9,11H,10H2,1-3H3. The second-order valence-corrected chi connectivity index (χ2v) is 4.98. The first-order valence-corrected chi connectivity index (χ1v) is 6.76. The van der Waals surface area contributed by atoms with Crippen LogP contribution in [-0.2, 0) is 9.53 Å². The van der Waals surface area contributed by atoms with Gasteiger partial charge in [-0.2, -0.15) is 0 Å². The van der Waals surface area contributed by atoms with Gasteiger partial charge in [0, 0.05) is 17.6 Å². The van der Waals surface area contributed by atoms with E-state index in [2.05, 4.69) is 9.72 Å². The fraction of sp³-hybridized carbons (Fsp3) is 0.312. The maximum absolute atomic E-state index is 12.7. The highest BCUT2D eigenvalue weighted by Gasteiger charge is 2.23. The molecule has 21 heavy (non-hydrogen) atoms. The molecule has 5 nitrogen and oxygen atoms in total. The monoisotopic (exact) mass is 286 g/mol. The molecule has 110 valence electrons. The van der Waals surface area contributed by atoms with Crippen molar-refractivity contribution < 1.29 is 14.3 Å². The van der Waals surface area contributed by atoms with Crippen molar-refractivity contribution in [2.75, 3.05) is 13.7 Å². The van der Waals surface area contributed by atoms with Crippen molar-refractivity contribution in [3.8, 4) is 0 Å². The highest BCUT2D eigenvalue weighted by molar-refractivity contribution is 6.06. The molecule has 0 N–H and O–H groups in total. The summed E-state index contributed by atoms with van der Waals surface area (Å²) in [5, 5.41) is 0.894. The fourth-order valence-corrected chi connectivity index (χ4v) is 2.12. The number of methoxy groups -OCH3 is 1. The predicted molar refractivity (Wildman–Crippen MR) is 79.9 cm³/mol. The molecule has 0 bridgehead atoms. The summed E-state index contributed by atoms with van der Waals surface area (Å²) >= 11 is 0. The van der Waals surface area contributed by atoms with Crippen LogP contribution < -0.4 is 0 Å². The molecular weight excluding hydrogens is 268 g/mol. The van der Waals surface area contributed by atoms with Crippen LogP contribution in [0.25, 0.3) is 10.9 Å². The molecule has 0 radical (unpaired) electrons. The summed E-state index contributed by atoms with van der Waals surface area (Å²) < 4.78 is 4.66. The zero-order chi connectivity index (χ0) is 15.4. The number of carbonyl (C=O) groups is 2. The second-order valence-electron chi connectivity index (χ2n) is 4.98. The van der Waals surface area contributed by atoms with Crippen LogP contribution in [0, 0.1) is 0 Å². The lowest BCUT2D eigenvalue weighted by molar-refractivity contribution is -0.141. The molecule has 0 atom stereocenters. The molecule has 1 aromatic carbocycles. The Morgan fingerprint density at radius 3 is 2.62 bits per heavy atom. The first-order chi connectivity index (χ1) is 10.0. The zero-order valence-corrected chi connectivity index (χ0v) is 12.4. The maximum atomic E-state index is 12.7. The van der Waals surface area contributed by atoms with Gasteiger partial charge in [0.2, 0.25) is 0 Å². The van der Waals surface area contributed by atoms with E-state index in [1.807, 2.05) is 38.1 Å². The van der Waals surface area contributed by atoms with Crippen LogP contribution in [0.1, 0.15) is 24.2 Å². The van der Waals surface area contributed by atoms with Crippen LogP contribution in [0.3, 0.4) is 0 Å². The number of para-hydroxylation sites is 1. The van der Waals surface area contributed by atoms with Gasteiger partial charge >= 0.3 is 5.97 Å². The van der Waals surface area contributed by atoms with E-state index in [-0.39, 0.29) is 18.5 Å². The van der Waals surface area contributed by atoms with E-state index in [1.54, 1.807) is 12.3 Å². The molecule has 0 spiro atoms. The molecule has 0 aliphatic rings. The van der Waals surface area contributed by atoms with Crippen LogP contribution in [-0.4, -0.2) is 41.5 Å². The van der Waals surface area contributed by atoms with Crippen LogP contribution in [0.15, 0.2) is 36.5 Å². The van der Waals surface area contributed by atoms with Crippen LogP contribution in [0.5, 0.6) is 0 Å². The molecule has 0 saturated heterocycles. The van der Waals surface area contributed by atoms with Crippen LogP contribution >= 0.6 is 0 Å². The van der Waals surface area contributed by atoms with Gasteiger partial charge in [0.25, 0.3) is 5.91 Å². The topological polar surface area (TPSA) is 59.5 Å². The van der Waals surface area contributed by atoms with Crippen molar-refractivity contribution in [2.24, 2.45) is 0 Å². The number of esters is 1. The van der Waals surface area contributed by atoms with E-state index in [0.29, 0.717) is 11.1 Å². The van der Waals surface area contributed by atoms with Crippen LogP contribution in [0.4, 0.5) is 0 Å². The third-order valence-corrected chi connectivity index (χ3v) is 3.27. The van der Waals surface area contributed by atoms with E-state index in [4.69, 9.17) is 0 Å². The molecule has 1 amide bonds. The average molecular weight is 286 g/mol. The number of carbonyl (C=O) groups excluding carboxylic acids is 2. The number of nitrogens with zero attached hydrogens (tertiary/aromatic N) is 2. The fourth-order valence-electron chi connectivity index (χ4n) is 2.12. The van der Waals surface area contributed by atoms with E-state index in [1.165, 1.54) is 12.0 Å². The third kappa shape index (κ3) is 3.18. The summed E-state index contributed by atoms with van der Waals surface area (Å²) in [5.41, 5.74) is 1.13. The minimum absolute atomic E-state index is 0.0732. The van der Waals surface area contributed by atoms with Crippen LogP contribution in [0.2, 0.25) is 0 Å². The molecule has 1 aromatic heterocycles. The Hall–Kier alpha value is -2.43. The summed E-state index contributed by atoms with van der Waals surface area (Å²) in [7, 11) is 1.31. The zero-order valence-electron chi connectivity index (χ0n) is 12.4. The summed E-state index contributed by atoms with van der Waals surface area (Å²) in [6.45, 7) is 3.65. The molecule has 0 aliphatic heterocycles. The molecule has 0 unspecified atom stereocenters. The molecule has 1 heterocycles. The number of pyridine rings is 1. The van der Waals surface area contributed by atoms with Crippen molar-refractivity contribution in [3.05, 3.63) is 42.1 Å². The van der Waals surface area contributed by atoms with E-state index in [0.717, 1.165) is 5.39 Å². The average Bonchev–Trinajstić information content (AvgIpc) is 2.50. The molecule has 5 heteroatoms. The van der Waals surface area contributed by atoms with Crippen molar-refractivity contribution in [1.82, 2.24) is 9.88 Å². The number of fused-ring (bicyclic) bond motifs is 1. The number of benzene rings is 1. The first-order valence-electron chi connectivity index (χ1n) is 6.76. The Morgan fingerprint density at radius 2 is 1.95 bits per heavy atom. The Labute approximate surface area is 123 Å². The Balaban J connectivity index is 2.41. The summed E-state index contributed by atoms with van der Waals surface area (Å²) in [6.07, 6.45) is 1.65. The highest BCUT2D eigenvalue weighted by Crippen LogP contribution is 2.18. The lowest BCUT2D eigenvalue weighted by Gasteiger charge is -2.25. The summed E-state index contributed by atoms with van der Waals surface area (Å²) in [4.78, 5) is 30.0. The Bertz CT molecular complexity index is 662. The molecule has 0 saturated carbocycles. The maximum Gasteiger partial charge on any atom is 0.325 e. The van der Waals surface area contributed by atoms with E-state index < -0.39 is 5.97 Å². The summed E-state index contributed by atoms with van der Waals surface area (Å²) in [5.74, 6) is -0.662. The van der Waals surface area contributed by atoms with Gasteiger partial charge in [-0.05, 0) is 26.0 Å². The SMILES string of the molecule is COC(=O)CN(C(=O)c1cccc2cccnc12)C(C)C. The summed E-state index contributed by atoms with van der Waals surface area (Å²) in [6, 6.07) is 9.05. The number of hydrogen-bond donors (Lipinski definition) is 0. The number of ether oxygens (including phenoxy) is 1. The van der Waals surface area contributed by atoms with Crippen molar-refractivity contribution in [2.45, 2.75) is 19.9 Å². The smallest absolute Gasteiger partial charge is 0.325 e. The lowest BCUT2D eigenvalue weighted by Crippen LogP contribution is -2.41. The third-order valence-electron chi connectivity index (χ3n) is 3.27. The van der Waals surface area contributed by atoms with Gasteiger partial charge in [0.1, 0.15) is 6.54 Å². The normalized spacial score (nSPS) is 10.7. The van der Waals surface area contributed by atoms with Crippen molar-refractivity contribution in [1.29, 1.82) is 0 Å². The van der Waals surface area contributed by atoms with Crippen molar-refractivity contribution in [3.63, 3.8) is 0 Å². The minimum atomic E-state index is -0.440. The van der Waals surface area contributed by atoms with Gasteiger partial charge in [-0.3, -0.25) is 14.6 Å². The number of hydrogen-bond acceptors (Lipinski definition) is 4. The number of aromatic nitrogens is 1.